The molecule has 23 heavy (non-hydrogen) atoms. The Morgan fingerprint density at radius 3 is 2.83 bits per heavy atom. The average molecular weight is 317 g/mol. The maximum Gasteiger partial charge on any atom is 0.132 e. The molecule has 1 aliphatic rings. The lowest BCUT2D eigenvalue weighted by molar-refractivity contribution is 0.0171. The summed E-state index contributed by atoms with van der Waals surface area (Å²) in [6.07, 6.45) is -0.493. The molecule has 6 heteroatoms. The van der Waals surface area contributed by atoms with Crippen molar-refractivity contribution in [1.82, 2.24) is 9.88 Å². The van der Waals surface area contributed by atoms with E-state index in [0.29, 0.717) is 18.9 Å². The van der Waals surface area contributed by atoms with Crippen LogP contribution in [0.25, 0.3) is 10.9 Å². The number of anilines is 1. The summed E-state index contributed by atoms with van der Waals surface area (Å²) in [5.74, 6) is 0.632. The molecule has 2 aromatic rings. The van der Waals surface area contributed by atoms with Gasteiger partial charge in [0.1, 0.15) is 5.82 Å². The highest BCUT2D eigenvalue weighted by molar-refractivity contribution is 5.81. The molecule has 6 nitrogen and oxygen atoms in total. The Kier molecular flexibility index (Phi) is 5.40. The van der Waals surface area contributed by atoms with Crippen LogP contribution in [0, 0.1) is 0 Å². The summed E-state index contributed by atoms with van der Waals surface area (Å²) in [7, 11) is 0. The second kappa shape index (κ2) is 7.70. The number of β-amino-alcohol motifs (C(OH)–C–C–N with tert-alkyl or cyclic N) is 1. The monoisotopic (exact) mass is 317 g/mol. The Labute approximate surface area is 135 Å². The number of hydrogen-bond acceptors (Lipinski definition) is 6. The highest BCUT2D eigenvalue weighted by Crippen LogP contribution is 2.20. The molecule has 1 saturated heterocycles. The number of para-hydroxylation sites is 1. The van der Waals surface area contributed by atoms with E-state index in [1.165, 1.54) is 0 Å². The van der Waals surface area contributed by atoms with E-state index in [0.717, 1.165) is 42.8 Å². The van der Waals surface area contributed by atoms with Gasteiger partial charge in [-0.2, -0.15) is 0 Å². The van der Waals surface area contributed by atoms with Crippen LogP contribution < -0.4 is 5.32 Å². The van der Waals surface area contributed by atoms with Gasteiger partial charge in [-0.3, -0.25) is 4.90 Å². The summed E-state index contributed by atoms with van der Waals surface area (Å²) in [6.45, 7) is 4.08. The van der Waals surface area contributed by atoms with E-state index in [9.17, 15) is 10.2 Å². The maximum atomic E-state index is 10.2. The molecule has 0 radical (unpaired) electrons. The van der Waals surface area contributed by atoms with Gasteiger partial charge in [0.2, 0.25) is 0 Å². The first-order valence-electron chi connectivity index (χ1n) is 7.98. The van der Waals surface area contributed by atoms with Gasteiger partial charge in [0.05, 0.1) is 31.4 Å². The van der Waals surface area contributed by atoms with Crippen molar-refractivity contribution in [2.75, 3.05) is 44.7 Å². The molecule has 0 bridgehead atoms. The number of aliphatic hydroxyl groups excluding tert-OH is 2. The first-order valence-corrected chi connectivity index (χ1v) is 7.98. The first-order chi connectivity index (χ1) is 11.3. The van der Waals surface area contributed by atoms with E-state index in [4.69, 9.17) is 4.74 Å². The zero-order valence-electron chi connectivity index (χ0n) is 13.1. The minimum absolute atomic E-state index is 0.0836. The normalized spacial score (nSPS) is 17.3. The number of morpholine rings is 1. The van der Waals surface area contributed by atoms with Gasteiger partial charge in [0.25, 0.3) is 0 Å². The van der Waals surface area contributed by atoms with Crippen molar-refractivity contribution in [2.45, 2.75) is 12.7 Å². The number of aliphatic hydroxyl groups is 2. The van der Waals surface area contributed by atoms with Gasteiger partial charge in [-0.25, -0.2) is 4.98 Å². The Balaban J connectivity index is 1.63. The molecule has 3 N–H and O–H groups in total. The Morgan fingerprint density at radius 1 is 1.26 bits per heavy atom. The second-order valence-electron chi connectivity index (χ2n) is 5.79. The van der Waals surface area contributed by atoms with Crippen LogP contribution in [-0.4, -0.2) is 65.6 Å². The predicted molar refractivity (Wildman–Crippen MR) is 89.4 cm³/mol. The number of ether oxygens (including phenoxy) is 1. The molecule has 0 saturated carbocycles. The average Bonchev–Trinajstić information content (AvgIpc) is 2.60. The van der Waals surface area contributed by atoms with Crippen LogP contribution in [0.1, 0.15) is 5.56 Å². The quantitative estimate of drug-likeness (QED) is 0.733. The van der Waals surface area contributed by atoms with Gasteiger partial charge in [0, 0.05) is 37.1 Å². The SMILES string of the molecule is OCc1cc2ccccc2nc1NCC(O)CN1CCOCC1. The topological polar surface area (TPSA) is 77.9 Å². The van der Waals surface area contributed by atoms with Crippen LogP contribution in [0.15, 0.2) is 30.3 Å². The molecule has 1 atom stereocenters. The molecule has 3 rings (SSSR count). The van der Waals surface area contributed by atoms with E-state index in [1.807, 2.05) is 30.3 Å². The Morgan fingerprint density at radius 2 is 2.04 bits per heavy atom. The van der Waals surface area contributed by atoms with Crippen molar-refractivity contribution in [2.24, 2.45) is 0 Å². The lowest BCUT2D eigenvalue weighted by atomic mass is 10.1. The van der Waals surface area contributed by atoms with Crippen LogP contribution in [0.5, 0.6) is 0 Å². The van der Waals surface area contributed by atoms with E-state index in [1.54, 1.807) is 0 Å². The number of benzene rings is 1. The van der Waals surface area contributed by atoms with Crippen LogP contribution in [-0.2, 0) is 11.3 Å². The number of rotatable bonds is 6. The highest BCUT2D eigenvalue weighted by atomic mass is 16.5. The van der Waals surface area contributed by atoms with Gasteiger partial charge in [-0.1, -0.05) is 18.2 Å². The highest BCUT2D eigenvalue weighted by Gasteiger charge is 2.15. The van der Waals surface area contributed by atoms with Gasteiger partial charge in [-0.05, 0) is 12.1 Å². The third-order valence-electron chi connectivity index (χ3n) is 4.05. The van der Waals surface area contributed by atoms with Gasteiger partial charge in [-0.15, -0.1) is 0 Å². The molecule has 0 amide bonds. The Hall–Kier alpha value is -1.73. The number of nitrogens with zero attached hydrogens (tertiary/aromatic N) is 2. The van der Waals surface area contributed by atoms with Crippen molar-refractivity contribution in [3.8, 4) is 0 Å². The van der Waals surface area contributed by atoms with E-state index >= 15 is 0 Å². The van der Waals surface area contributed by atoms with Crippen LogP contribution in [0.4, 0.5) is 5.82 Å². The maximum absolute atomic E-state index is 10.2. The summed E-state index contributed by atoms with van der Waals surface area (Å²) in [4.78, 5) is 6.74. The molecule has 0 spiro atoms. The standard InChI is InChI=1S/C17H23N3O3/c21-12-14-9-13-3-1-2-4-16(13)19-17(14)18-10-15(22)11-20-5-7-23-8-6-20/h1-4,9,15,21-22H,5-8,10-12H2,(H,18,19). The largest absolute Gasteiger partial charge is 0.392 e. The summed E-state index contributed by atoms with van der Waals surface area (Å²) >= 11 is 0. The molecule has 1 unspecified atom stereocenters. The van der Waals surface area contributed by atoms with Crippen molar-refractivity contribution in [3.63, 3.8) is 0 Å². The molecule has 1 aromatic carbocycles. The van der Waals surface area contributed by atoms with Gasteiger partial charge >= 0.3 is 0 Å². The molecular formula is C17H23N3O3. The summed E-state index contributed by atoms with van der Waals surface area (Å²) in [6, 6.07) is 9.72. The molecule has 1 aliphatic heterocycles. The van der Waals surface area contributed by atoms with E-state index in [-0.39, 0.29) is 6.61 Å². The molecule has 0 aliphatic carbocycles. The minimum atomic E-state index is -0.493. The third-order valence-corrected chi connectivity index (χ3v) is 4.05. The van der Waals surface area contributed by atoms with Crippen molar-refractivity contribution >= 4 is 16.7 Å². The Bertz CT molecular complexity index is 644. The fourth-order valence-corrected chi connectivity index (χ4v) is 2.79. The number of hydrogen-bond donors (Lipinski definition) is 3. The van der Waals surface area contributed by atoms with Crippen LogP contribution in [0.2, 0.25) is 0 Å². The number of nitrogens with one attached hydrogen (secondary N) is 1. The van der Waals surface area contributed by atoms with Gasteiger partial charge in [0.15, 0.2) is 0 Å². The minimum Gasteiger partial charge on any atom is -0.392 e. The number of aromatic nitrogens is 1. The molecule has 1 aromatic heterocycles. The van der Waals surface area contributed by atoms with Gasteiger partial charge < -0.3 is 20.3 Å². The van der Waals surface area contributed by atoms with Crippen molar-refractivity contribution < 1.29 is 14.9 Å². The number of pyridine rings is 1. The summed E-state index contributed by atoms with van der Waals surface area (Å²) in [5, 5.41) is 23.9. The fraction of sp³-hybridized carbons (Fsp3) is 0.471. The molecule has 124 valence electrons. The third kappa shape index (κ3) is 4.17. The van der Waals surface area contributed by atoms with Crippen molar-refractivity contribution in [3.05, 3.63) is 35.9 Å². The summed E-state index contributed by atoms with van der Waals surface area (Å²) in [5.41, 5.74) is 1.61. The smallest absolute Gasteiger partial charge is 0.132 e. The predicted octanol–water partition coefficient (Wildman–Crippen LogP) is 0.832. The van der Waals surface area contributed by atoms with E-state index < -0.39 is 6.10 Å². The van der Waals surface area contributed by atoms with E-state index in [2.05, 4.69) is 15.2 Å². The molecular weight excluding hydrogens is 294 g/mol. The zero-order chi connectivity index (χ0) is 16.1. The van der Waals surface area contributed by atoms with Crippen molar-refractivity contribution in [1.29, 1.82) is 0 Å². The fourth-order valence-electron chi connectivity index (χ4n) is 2.79. The lowest BCUT2D eigenvalue weighted by Crippen LogP contribution is -2.42. The summed E-state index contributed by atoms with van der Waals surface area (Å²) < 4.78 is 5.31. The molecule has 2 heterocycles. The zero-order valence-corrected chi connectivity index (χ0v) is 13.1. The molecule has 1 fully saturated rings. The van der Waals surface area contributed by atoms with Crippen LogP contribution >= 0.6 is 0 Å². The number of fused-ring (bicyclic) bond motifs is 1. The second-order valence-corrected chi connectivity index (χ2v) is 5.79. The first kappa shape index (κ1) is 16.1. The van der Waals surface area contributed by atoms with Crippen LogP contribution in [0.3, 0.4) is 0 Å². The lowest BCUT2D eigenvalue weighted by Gasteiger charge is -2.28.